The number of hydrogen-bond acceptors (Lipinski definition) is 5. The zero-order valence-corrected chi connectivity index (χ0v) is 12.3. The molecule has 0 spiro atoms. The molecule has 0 rings (SSSR count). The van der Waals surface area contributed by atoms with Gasteiger partial charge in [-0.2, -0.15) is 5.48 Å². The number of aldehydes is 1. The molecule has 0 aromatic rings. The largest absolute Gasteiger partial charge is 0.375 e. The van der Waals surface area contributed by atoms with Crippen LogP contribution in [-0.2, 0) is 14.4 Å². The maximum atomic E-state index is 10.5. The van der Waals surface area contributed by atoms with Gasteiger partial charge in [0, 0.05) is 6.42 Å². The molecule has 0 aromatic heterocycles. The van der Waals surface area contributed by atoms with Crippen molar-refractivity contribution in [2.75, 3.05) is 13.2 Å². The van der Waals surface area contributed by atoms with E-state index in [9.17, 15) is 4.79 Å². The lowest BCUT2D eigenvalue weighted by molar-refractivity contribution is -0.131. The Hall–Kier alpha value is -0.490. The highest BCUT2D eigenvalue weighted by Gasteiger charge is 2.23. The molecular weight excluding hydrogens is 232 g/mol. The molecule has 108 valence electrons. The van der Waals surface area contributed by atoms with Crippen molar-refractivity contribution in [3.63, 3.8) is 0 Å². The van der Waals surface area contributed by atoms with Crippen molar-refractivity contribution in [1.29, 1.82) is 0 Å². The highest BCUT2D eigenvalue weighted by atomic mass is 16.7. The lowest BCUT2D eigenvalue weighted by Gasteiger charge is -2.29. The third-order valence-corrected chi connectivity index (χ3v) is 2.67. The van der Waals surface area contributed by atoms with Crippen LogP contribution in [0.1, 0.15) is 47.5 Å². The number of hydroxylamine groups is 1. The van der Waals surface area contributed by atoms with Gasteiger partial charge in [0.15, 0.2) is 0 Å². The zero-order chi connectivity index (χ0) is 14.2. The van der Waals surface area contributed by atoms with E-state index in [-0.39, 0.29) is 17.2 Å². The van der Waals surface area contributed by atoms with Crippen LogP contribution in [0.25, 0.3) is 0 Å². The minimum Gasteiger partial charge on any atom is -0.375 e. The second-order valence-corrected chi connectivity index (χ2v) is 5.80. The van der Waals surface area contributed by atoms with Gasteiger partial charge in [0.05, 0.1) is 23.9 Å². The summed E-state index contributed by atoms with van der Waals surface area (Å²) in [7, 11) is 0. The first-order valence-corrected chi connectivity index (χ1v) is 6.45. The quantitative estimate of drug-likeness (QED) is 0.459. The van der Waals surface area contributed by atoms with Gasteiger partial charge in [-0.15, -0.1) is 0 Å². The molecule has 0 aliphatic carbocycles. The van der Waals surface area contributed by atoms with Crippen LogP contribution in [-0.4, -0.2) is 36.7 Å². The first-order chi connectivity index (χ1) is 8.22. The van der Waals surface area contributed by atoms with E-state index in [4.69, 9.17) is 15.3 Å². The van der Waals surface area contributed by atoms with E-state index >= 15 is 0 Å². The molecule has 0 saturated heterocycles. The van der Waals surface area contributed by atoms with Gasteiger partial charge >= 0.3 is 0 Å². The Morgan fingerprint density at radius 1 is 1.22 bits per heavy atom. The van der Waals surface area contributed by atoms with E-state index in [1.54, 1.807) is 6.92 Å². The van der Waals surface area contributed by atoms with E-state index in [1.165, 1.54) is 0 Å². The summed E-state index contributed by atoms with van der Waals surface area (Å²) in [5.41, 5.74) is 7.64. The highest BCUT2D eigenvalue weighted by molar-refractivity contribution is 5.56. The Morgan fingerprint density at radius 3 is 2.33 bits per heavy atom. The fraction of sp³-hybridized carbons (Fsp3) is 0.923. The van der Waals surface area contributed by atoms with Crippen LogP contribution in [0.15, 0.2) is 0 Å². The van der Waals surface area contributed by atoms with Crippen molar-refractivity contribution < 1.29 is 14.4 Å². The van der Waals surface area contributed by atoms with Crippen LogP contribution in [0.5, 0.6) is 0 Å². The fourth-order valence-electron chi connectivity index (χ4n) is 1.32. The molecule has 0 aromatic carbocycles. The third-order valence-electron chi connectivity index (χ3n) is 2.67. The van der Waals surface area contributed by atoms with Gasteiger partial charge in [0.2, 0.25) is 0 Å². The summed E-state index contributed by atoms with van der Waals surface area (Å²) in [4.78, 5) is 15.9. The van der Waals surface area contributed by atoms with Crippen LogP contribution in [0, 0.1) is 0 Å². The first-order valence-electron chi connectivity index (χ1n) is 6.45. The van der Waals surface area contributed by atoms with Gasteiger partial charge in [-0.25, -0.2) is 0 Å². The average molecular weight is 260 g/mol. The molecular formula is C13H28N2O3. The average Bonchev–Trinajstić information content (AvgIpc) is 2.25. The predicted molar refractivity (Wildman–Crippen MR) is 72.1 cm³/mol. The summed E-state index contributed by atoms with van der Waals surface area (Å²) in [5, 5.41) is 0. The summed E-state index contributed by atoms with van der Waals surface area (Å²) in [6, 6.07) is -0.307. The summed E-state index contributed by atoms with van der Waals surface area (Å²) in [5.74, 6) is 0. The van der Waals surface area contributed by atoms with Crippen molar-refractivity contribution in [3.8, 4) is 0 Å². The molecule has 0 saturated carbocycles. The number of hydrogen-bond donors (Lipinski definition) is 2. The van der Waals surface area contributed by atoms with Crippen molar-refractivity contribution in [2.45, 2.75) is 64.7 Å². The van der Waals surface area contributed by atoms with Crippen molar-refractivity contribution in [3.05, 3.63) is 0 Å². The van der Waals surface area contributed by atoms with Crippen molar-refractivity contribution in [1.82, 2.24) is 5.48 Å². The molecule has 1 unspecified atom stereocenters. The normalized spacial score (nSPS) is 14.6. The Kier molecular flexibility index (Phi) is 7.62. The molecule has 0 radical (unpaired) electrons. The number of carbonyl (C=O) groups is 1. The minimum absolute atomic E-state index is 0.200. The standard InChI is InChI=1S/C13H28N2O3/c1-11(10-16)15-18-13(4,5)7-9-17-12(2,3)6-8-14/h10-11,15H,6-9,14H2,1-5H3. The molecule has 5 nitrogen and oxygen atoms in total. The van der Waals surface area contributed by atoms with Gasteiger partial charge in [-0.1, -0.05) is 0 Å². The number of ether oxygens (including phenoxy) is 1. The molecule has 0 aliphatic heterocycles. The van der Waals surface area contributed by atoms with E-state index in [2.05, 4.69) is 5.48 Å². The molecule has 0 aliphatic rings. The van der Waals surface area contributed by atoms with Crippen LogP contribution < -0.4 is 11.2 Å². The number of nitrogens with one attached hydrogen (secondary N) is 1. The van der Waals surface area contributed by atoms with Crippen molar-refractivity contribution in [2.24, 2.45) is 5.73 Å². The lowest BCUT2D eigenvalue weighted by atomic mass is 10.0. The second kappa shape index (κ2) is 7.84. The van der Waals surface area contributed by atoms with Crippen LogP contribution in [0.4, 0.5) is 0 Å². The first kappa shape index (κ1) is 17.5. The lowest BCUT2D eigenvalue weighted by Crippen LogP contribution is -2.39. The SMILES string of the molecule is CC(C=O)NOC(C)(C)CCOC(C)(C)CCN. The van der Waals surface area contributed by atoms with E-state index < -0.39 is 0 Å². The zero-order valence-electron chi connectivity index (χ0n) is 12.3. The summed E-state index contributed by atoms with van der Waals surface area (Å²) < 4.78 is 5.78. The predicted octanol–water partition coefficient (Wildman–Crippen LogP) is 1.41. The smallest absolute Gasteiger partial charge is 0.138 e. The molecule has 18 heavy (non-hydrogen) atoms. The summed E-state index contributed by atoms with van der Waals surface area (Å²) in [6.45, 7) is 10.9. The van der Waals surface area contributed by atoms with E-state index in [0.29, 0.717) is 13.2 Å². The van der Waals surface area contributed by atoms with Crippen molar-refractivity contribution >= 4 is 6.29 Å². The Bertz CT molecular complexity index is 242. The van der Waals surface area contributed by atoms with Crippen LogP contribution >= 0.6 is 0 Å². The van der Waals surface area contributed by atoms with E-state index in [1.807, 2.05) is 27.7 Å². The number of carbonyl (C=O) groups excluding carboxylic acids is 1. The van der Waals surface area contributed by atoms with Gasteiger partial charge in [-0.05, 0) is 47.6 Å². The van der Waals surface area contributed by atoms with Gasteiger partial charge in [0.1, 0.15) is 6.29 Å². The monoisotopic (exact) mass is 260 g/mol. The maximum absolute atomic E-state index is 10.5. The number of nitrogens with two attached hydrogens (primary N) is 1. The van der Waals surface area contributed by atoms with E-state index in [0.717, 1.165) is 19.1 Å². The molecule has 0 fully saturated rings. The Labute approximate surface area is 110 Å². The molecule has 0 amide bonds. The van der Waals surface area contributed by atoms with Gasteiger partial charge in [0.25, 0.3) is 0 Å². The van der Waals surface area contributed by atoms with Gasteiger partial charge < -0.3 is 15.3 Å². The third kappa shape index (κ3) is 8.58. The Balaban J connectivity index is 3.92. The molecule has 3 N–H and O–H groups in total. The highest BCUT2D eigenvalue weighted by Crippen LogP contribution is 2.18. The number of rotatable bonds is 10. The van der Waals surface area contributed by atoms with Crippen LogP contribution in [0.2, 0.25) is 0 Å². The molecule has 0 bridgehead atoms. The minimum atomic E-state index is -0.379. The summed E-state index contributed by atoms with van der Waals surface area (Å²) in [6.07, 6.45) is 2.37. The molecule has 5 heteroatoms. The Morgan fingerprint density at radius 2 is 1.83 bits per heavy atom. The molecule has 0 heterocycles. The topological polar surface area (TPSA) is 73.6 Å². The molecule has 1 atom stereocenters. The summed E-state index contributed by atoms with van der Waals surface area (Å²) >= 11 is 0. The fourth-order valence-corrected chi connectivity index (χ4v) is 1.32. The van der Waals surface area contributed by atoms with Crippen LogP contribution in [0.3, 0.4) is 0 Å². The maximum Gasteiger partial charge on any atom is 0.138 e. The second-order valence-electron chi connectivity index (χ2n) is 5.80. The van der Waals surface area contributed by atoms with Gasteiger partial charge in [-0.3, -0.25) is 4.84 Å².